The Morgan fingerprint density at radius 2 is 2.04 bits per heavy atom. The number of benzene rings is 1. The minimum Gasteiger partial charge on any atom is -0.444 e. The Morgan fingerprint density at radius 3 is 2.74 bits per heavy atom. The summed E-state index contributed by atoms with van der Waals surface area (Å²) >= 11 is 0. The van der Waals surface area contributed by atoms with Crippen molar-refractivity contribution in [3.05, 3.63) is 29.3 Å². The van der Waals surface area contributed by atoms with E-state index in [0.717, 1.165) is 16.8 Å². The van der Waals surface area contributed by atoms with Gasteiger partial charge in [0, 0.05) is 13.1 Å². The van der Waals surface area contributed by atoms with Crippen molar-refractivity contribution >= 4 is 17.7 Å². The highest BCUT2D eigenvalue weighted by Gasteiger charge is 2.37. The number of aryl methyl sites for hydroxylation is 1. The first-order chi connectivity index (χ1) is 10.8. The van der Waals surface area contributed by atoms with E-state index in [2.05, 4.69) is 10.2 Å². The lowest BCUT2D eigenvalue weighted by atomic mass is 10.0. The van der Waals surface area contributed by atoms with Crippen LogP contribution >= 0.6 is 0 Å². The molecule has 0 aliphatic carbocycles. The quantitative estimate of drug-likeness (QED) is 0.796. The number of nitrogens with zero attached hydrogens (tertiary/aromatic N) is 2. The molecule has 0 aromatic heterocycles. The molecule has 3 rings (SSSR count). The van der Waals surface area contributed by atoms with E-state index in [9.17, 15) is 9.59 Å². The molecule has 6 nitrogen and oxygen atoms in total. The summed E-state index contributed by atoms with van der Waals surface area (Å²) in [4.78, 5) is 28.5. The molecule has 2 aliphatic heterocycles. The lowest BCUT2D eigenvalue weighted by Crippen LogP contribution is -2.64. The average molecular weight is 317 g/mol. The van der Waals surface area contributed by atoms with Gasteiger partial charge in [0.25, 0.3) is 5.91 Å². The van der Waals surface area contributed by atoms with E-state index >= 15 is 0 Å². The van der Waals surface area contributed by atoms with Gasteiger partial charge in [0.2, 0.25) is 0 Å². The van der Waals surface area contributed by atoms with E-state index in [-0.39, 0.29) is 18.2 Å². The summed E-state index contributed by atoms with van der Waals surface area (Å²) in [5.41, 5.74) is 2.12. The topological polar surface area (TPSA) is 61.9 Å². The highest BCUT2D eigenvalue weighted by atomic mass is 16.6. The molecule has 1 unspecified atom stereocenters. The SMILES string of the molecule is Cc1cccc2c1C(=O)NC1CN(C(=O)OC(C)(C)C)CCN21. The molecule has 1 N–H and O–H groups in total. The minimum absolute atomic E-state index is 0.0783. The van der Waals surface area contributed by atoms with Crippen molar-refractivity contribution in [1.82, 2.24) is 10.2 Å². The number of rotatable bonds is 0. The van der Waals surface area contributed by atoms with Crippen LogP contribution in [0.2, 0.25) is 0 Å². The molecule has 1 aromatic carbocycles. The molecule has 124 valence electrons. The van der Waals surface area contributed by atoms with Crippen molar-refractivity contribution in [3.8, 4) is 0 Å². The second kappa shape index (κ2) is 5.44. The summed E-state index contributed by atoms with van der Waals surface area (Å²) in [5, 5.41) is 3.00. The van der Waals surface area contributed by atoms with Crippen LogP contribution in [0.5, 0.6) is 0 Å². The predicted octanol–water partition coefficient (Wildman–Crippen LogP) is 2.12. The van der Waals surface area contributed by atoms with E-state index in [0.29, 0.717) is 19.6 Å². The summed E-state index contributed by atoms with van der Waals surface area (Å²) in [7, 11) is 0. The highest BCUT2D eigenvalue weighted by molar-refractivity contribution is 6.03. The fourth-order valence-corrected chi connectivity index (χ4v) is 3.10. The van der Waals surface area contributed by atoms with Crippen LogP contribution in [0.1, 0.15) is 36.7 Å². The lowest BCUT2D eigenvalue weighted by Gasteiger charge is -2.46. The zero-order chi connectivity index (χ0) is 16.8. The molecule has 2 amide bonds. The van der Waals surface area contributed by atoms with Gasteiger partial charge < -0.3 is 19.9 Å². The van der Waals surface area contributed by atoms with E-state index in [1.807, 2.05) is 45.9 Å². The second-order valence-corrected chi connectivity index (χ2v) is 7.08. The molecule has 2 aliphatic rings. The van der Waals surface area contributed by atoms with Gasteiger partial charge >= 0.3 is 6.09 Å². The summed E-state index contributed by atoms with van der Waals surface area (Å²) in [5.74, 6) is -0.0783. The molecule has 0 saturated carbocycles. The Bertz CT molecular complexity index is 651. The number of carbonyl (C=O) groups excluding carboxylic acids is 2. The summed E-state index contributed by atoms with van der Waals surface area (Å²) in [6, 6.07) is 5.87. The third-order valence-electron chi connectivity index (χ3n) is 4.12. The van der Waals surface area contributed by atoms with Crippen LogP contribution in [0.15, 0.2) is 18.2 Å². The zero-order valence-corrected chi connectivity index (χ0v) is 14.0. The van der Waals surface area contributed by atoms with Crippen molar-refractivity contribution in [2.75, 3.05) is 24.5 Å². The Kier molecular flexibility index (Phi) is 3.70. The summed E-state index contributed by atoms with van der Waals surface area (Å²) in [6.45, 7) is 9.16. The van der Waals surface area contributed by atoms with Crippen molar-refractivity contribution in [3.63, 3.8) is 0 Å². The lowest BCUT2D eigenvalue weighted by molar-refractivity contribution is 0.0200. The molecule has 0 bridgehead atoms. The van der Waals surface area contributed by atoms with Gasteiger partial charge in [-0.1, -0.05) is 12.1 Å². The Labute approximate surface area is 136 Å². The number of carbonyl (C=O) groups is 2. The normalized spacial score (nSPS) is 20.5. The molecule has 6 heteroatoms. The fraction of sp³-hybridized carbons (Fsp3) is 0.529. The Morgan fingerprint density at radius 1 is 1.30 bits per heavy atom. The number of nitrogens with one attached hydrogen (secondary N) is 1. The zero-order valence-electron chi connectivity index (χ0n) is 14.0. The molecule has 2 heterocycles. The number of piperazine rings is 1. The number of ether oxygens (including phenoxy) is 1. The van der Waals surface area contributed by atoms with Crippen LogP contribution in [0.25, 0.3) is 0 Å². The molecular formula is C17H23N3O3. The standard InChI is InChI=1S/C17H23N3O3/c1-11-6-5-7-12-14(11)15(21)18-13-10-19(8-9-20(12)13)16(22)23-17(2,3)4/h5-7,13H,8-10H2,1-4H3,(H,18,21). The third kappa shape index (κ3) is 2.98. The van der Waals surface area contributed by atoms with E-state index in [4.69, 9.17) is 4.74 Å². The van der Waals surface area contributed by atoms with Gasteiger partial charge in [-0.15, -0.1) is 0 Å². The summed E-state index contributed by atoms with van der Waals surface area (Å²) < 4.78 is 5.43. The van der Waals surface area contributed by atoms with Gasteiger partial charge in [-0.2, -0.15) is 0 Å². The van der Waals surface area contributed by atoms with Crippen molar-refractivity contribution in [2.45, 2.75) is 39.5 Å². The van der Waals surface area contributed by atoms with Gasteiger partial charge in [0.1, 0.15) is 11.8 Å². The average Bonchev–Trinajstić information content (AvgIpc) is 2.45. The first kappa shape index (κ1) is 15.6. The van der Waals surface area contributed by atoms with Crippen LogP contribution < -0.4 is 10.2 Å². The highest BCUT2D eigenvalue weighted by Crippen LogP contribution is 2.30. The number of fused-ring (bicyclic) bond motifs is 3. The van der Waals surface area contributed by atoms with Crippen molar-refractivity contribution in [2.24, 2.45) is 0 Å². The van der Waals surface area contributed by atoms with Gasteiger partial charge in [0.05, 0.1) is 17.8 Å². The smallest absolute Gasteiger partial charge is 0.410 e. The molecule has 1 aromatic rings. The number of hydrogen-bond donors (Lipinski definition) is 1. The first-order valence-corrected chi connectivity index (χ1v) is 7.91. The number of hydrogen-bond acceptors (Lipinski definition) is 4. The second-order valence-electron chi connectivity index (χ2n) is 7.08. The van der Waals surface area contributed by atoms with E-state index in [1.54, 1.807) is 4.90 Å². The largest absolute Gasteiger partial charge is 0.444 e. The molecule has 1 saturated heterocycles. The maximum atomic E-state index is 12.4. The fourth-order valence-electron chi connectivity index (χ4n) is 3.10. The predicted molar refractivity (Wildman–Crippen MR) is 87.6 cm³/mol. The molecule has 23 heavy (non-hydrogen) atoms. The summed E-state index contributed by atoms with van der Waals surface area (Å²) in [6.07, 6.45) is -0.542. The third-order valence-corrected chi connectivity index (χ3v) is 4.12. The van der Waals surface area contributed by atoms with Crippen LogP contribution in [-0.4, -0.2) is 48.3 Å². The van der Waals surface area contributed by atoms with Crippen LogP contribution in [0, 0.1) is 6.92 Å². The van der Waals surface area contributed by atoms with Gasteiger partial charge in [0.15, 0.2) is 0 Å². The van der Waals surface area contributed by atoms with Gasteiger partial charge in [-0.25, -0.2) is 4.79 Å². The van der Waals surface area contributed by atoms with E-state index in [1.165, 1.54) is 0 Å². The maximum absolute atomic E-state index is 12.4. The van der Waals surface area contributed by atoms with Gasteiger partial charge in [-0.3, -0.25) is 4.79 Å². The Hall–Kier alpha value is -2.24. The van der Waals surface area contributed by atoms with Crippen LogP contribution in [0.3, 0.4) is 0 Å². The van der Waals surface area contributed by atoms with Crippen molar-refractivity contribution < 1.29 is 14.3 Å². The molecule has 0 radical (unpaired) electrons. The minimum atomic E-state index is -0.520. The first-order valence-electron chi connectivity index (χ1n) is 7.91. The van der Waals surface area contributed by atoms with Crippen LogP contribution in [0.4, 0.5) is 10.5 Å². The molecule has 1 fully saturated rings. The molecular weight excluding hydrogens is 294 g/mol. The number of anilines is 1. The molecule has 0 spiro atoms. The van der Waals surface area contributed by atoms with Gasteiger partial charge in [-0.05, 0) is 39.3 Å². The maximum Gasteiger partial charge on any atom is 0.410 e. The van der Waals surface area contributed by atoms with E-state index < -0.39 is 5.60 Å². The van der Waals surface area contributed by atoms with Crippen LogP contribution in [-0.2, 0) is 4.74 Å². The Balaban J connectivity index is 1.79. The monoisotopic (exact) mass is 317 g/mol. The van der Waals surface area contributed by atoms with Crippen molar-refractivity contribution in [1.29, 1.82) is 0 Å². The molecule has 1 atom stereocenters. The number of amides is 2.